The molecule has 0 heterocycles. The maximum atomic E-state index is 2.42. The van der Waals surface area contributed by atoms with Crippen LogP contribution in [-0.4, -0.2) is 0 Å². The molecule has 0 fully saturated rings. The van der Waals surface area contributed by atoms with E-state index in [4.69, 9.17) is 0 Å². The summed E-state index contributed by atoms with van der Waals surface area (Å²) in [6.07, 6.45) is 4.60. The zero-order valence-corrected chi connectivity index (χ0v) is 17.7. The van der Waals surface area contributed by atoms with E-state index in [0.717, 1.165) is 12.8 Å². The third kappa shape index (κ3) is 2.99. The second-order valence-corrected chi connectivity index (χ2v) is 8.58. The molecule has 0 unspecified atom stereocenters. The third-order valence-corrected chi connectivity index (χ3v) is 6.64. The molecule has 0 spiro atoms. The van der Waals surface area contributed by atoms with Crippen LogP contribution in [0.2, 0.25) is 0 Å². The highest BCUT2D eigenvalue weighted by molar-refractivity contribution is 6.19. The lowest BCUT2D eigenvalue weighted by molar-refractivity contribution is 1.00. The number of benzene rings is 5. The summed E-state index contributed by atoms with van der Waals surface area (Å²) in [5.41, 5.74) is 9.58. The predicted molar refractivity (Wildman–Crippen MR) is 134 cm³/mol. The number of hydrogen-bond donors (Lipinski definition) is 0. The monoisotopic (exact) mass is 396 g/mol. The zero-order valence-electron chi connectivity index (χ0n) is 17.7. The molecule has 1 aliphatic carbocycles. The number of aryl methyl sites for hydroxylation is 2. The fraction of sp³-hybridized carbons (Fsp3) is 0.0968. The lowest BCUT2D eigenvalue weighted by atomic mass is 9.82. The molecule has 0 amide bonds. The molecule has 5 aromatic rings. The van der Waals surface area contributed by atoms with Crippen molar-refractivity contribution in [2.24, 2.45) is 0 Å². The van der Waals surface area contributed by atoms with E-state index in [2.05, 4.69) is 110 Å². The van der Waals surface area contributed by atoms with Crippen molar-refractivity contribution in [3.05, 3.63) is 119 Å². The minimum atomic E-state index is 1.08. The molecule has 0 heteroatoms. The first-order valence-corrected chi connectivity index (χ1v) is 11.1. The minimum absolute atomic E-state index is 1.08. The summed E-state index contributed by atoms with van der Waals surface area (Å²) in [5, 5.41) is 5.37. The van der Waals surface area contributed by atoms with Gasteiger partial charge in [-0.15, -0.1) is 0 Å². The first kappa shape index (κ1) is 18.2. The van der Waals surface area contributed by atoms with E-state index < -0.39 is 0 Å². The SMILES string of the molecule is Cc1ccc(-c2c3ccccc3c(C3=Cc4ccccc4CC3)c3ccccc23)cc1. The molecule has 0 bridgehead atoms. The van der Waals surface area contributed by atoms with E-state index in [1.807, 2.05) is 0 Å². The van der Waals surface area contributed by atoms with Crippen molar-refractivity contribution in [1.82, 2.24) is 0 Å². The highest BCUT2D eigenvalue weighted by atomic mass is 14.2. The fourth-order valence-electron chi connectivity index (χ4n) is 5.13. The molecule has 0 atom stereocenters. The normalized spacial score (nSPS) is 13.3. The maximum absolute atomic E-state index is 2.42. The zero-order chi connectivity index (χ0) is 20.8. The maximum Gasteiger partial charge on any atom is -0.00264 e. The highest BCUT2D eigenvalue weighted by Crippen LogP contribution is 2.44. The van der Waals surface area contributed by atoms with Crippen LogP contribution in [0.5, 0.6) is 0 Å². The number of allylic oxidation sites excluding steroid dienone is 1. The van der Waals surface area contributed by atoms with E-state index in [1.54, 1.807) is 0 Å². The van der Waals surface area contributed by atoms with Gasteiger partial charge >= 0.3 is 0 Å². The molecule has 0 radical (unpaired) electrons. The molecule has 0 saturated heterocycles. The van der Waals surface area contributed by atoms with Gasteiger partial charge < -0.3 is 0 Å². The Morgan fingerprint density at radius 3 is 1.71 bits per heavy atom. The van der Waals surface area contributed by atoms with Crippen LogP contribution < -0.4 is 0 Å². The Morgan fingerprint density at radius 1 is 0.516 bits per heavy atom. The van der Waals surface area contributed by atoms with Crippen molar-refractivity contribution in [2.45, 2.75) is 19.8 Å². The Labute approximate surface area is 183 Å². The average molecular weight is 397 g/mol. The number of rotatable bonds is 2. The largest absolute Gasteiger partial charge is 0.0620 e. The number of hydrogen-bond acceptors (Lipinski definition) is 0. The van der Waals surface area contributed by atoms with Gasteiger partial charge in [0.1, 0.15) is 0 Å². The van der Waals surface area contributed by atoms with E-state index in [1.165, 1.54) is 60.5 Å². The topological polar surface area (TPSA) is 0 Å². The van der Waals surface area contributed by atoms with Crippen molar-refractivity contribution >= 4 is 33.2 Å². The van der Waals surface area contributed by atoms with Crippen LogP contribution in [0.25, 0.3) is 44.3 Å². The van der Waals surface area contributed by atoms with Gasteiger partial charge in [-0.1, -0.05) is 109 Å². The Kier molecular flexibility index (Phi) is 4.25. The van der Waals surface area contributed by atoms with Crippen molar-refractivity contribution in [3.8, 4) is 11.1 Å². The summed E-state index contributed by atoms with van der Waals surface area (Å²) in [4.78, 5) is 0. The van der Waals surface area contributed by atoms with Crippen LogP contribution in [-0.2, 0) is 6.42 Å². The van der Waals surface area contributed by atoms with E-state index in [0.29, 0.717) is 0 Å². The van der Waals surface area contributed by atoms with Crippen LogP contribution in [0.1, 0.15) is 28.7 Å². The standard InChI is InChI=1S/C31H24/c1-21-14-16-23(17-15-21)30-26-10-4-6-12-28(26)31(29-13-7-5-11-27(29)30)25-19-18-22-8-2-3-9-24(22)20-25/h2-17,20H,18-19H2,1H3. The van der Waals surface area contributed by atoms with Crippen LogP contribution in [0.4, 0.5) is 0 Å². The molecular formula is C31H24. The van der Waals surface area contributed by atoms with Gasteiger partial charge in [0.2, 0.25) is 0 Å². The molecule has 0 nitrogen and oxygen atoms in total. The first-order chi connectivity index (χ1) is 15.3. The summed E-state index contributed by atoms with van der Waals surface area (Å²) < 4.78 is 0. The van der Waals surface area contributed by atoms with Gasteiger partial charge in [-0.05, 0) is 74.7 Å². The first-order valence-electron chi connectivity index (χ1n) is 11.1. The van der Waals surface area contributed by atoms with Crippen LogP contribution in [0, 0.1) is 6.92 Å². The summed E-state index contributed by atoms with van der Waals surface area (Å²) in [5.74, 6) is 0. The summed E-state index contributed by atoms with van der Waals surface area (Å²) in [7, 11) is 0. The minimum Gasteiger partial charge on any atom is -0.0620 e. The quantitative estimate of drug-likeness (QED) is 0.263. The van der Waals surface area contributed by atoms with E-state index in [9.17, 15) is 0 Å². The van der Waals surface area contributed by atoms with Gasteiger partial charge in [0.05, 0.1) is 0 Å². The van der Waals surface area contributed by atoms with Crippen LogP contribution in [0.15, 0.2) is 97.1 Å². The van der Waals surface area contributed by atoms with Crippen LogP contribution in [0.3, 0.4) is 0 Å². The molecular weight excluding hydrogens is 372 g/mol. The van der Waals surface area contributed by atoms with Crippen molar-refractivity contribution in [2.75, 3.05) is 0 Å². The Morgan fingerprint density at radius 2 is 1.06 bits per heavy atom. The Bertz CT molecular complexity index is 1410. The molecule has 5 aromatic carbocycles. The second-order valence-electron chi connectivity index (χ2n) is 8.58. The molecule has 31 heavy (non-hydrogen) atoms. The Balaban J connectivity index is 1.72. The van der Waals surface area contributed by atoms with E-state index in [-0.39, 0.29) is 0 Å². The van der Waals surface area contributed by atoms with Gasteiger partial charge in [0.15, 0.2) is 0 Å². The van der Waals surface area contributed by atoms with Crippen molar-refractivity contribution in [3.63, 3.8) is 0 Å². The average Bonchev–Trinajstić information content (AvgIpc) is 2.83. The molecule has 0 aromatic heterocycles. The third-order valence-electron chi connectivity index (χ3n) is 6.64. The predicted octanol–water partition coefficient (Wildman–Crippen LogP) is 8.46. The summed E-state index contributed by atoms with van der Waals surface area (Å²) in [6, 6.07) is 35.6. The van der Waals surface area contributed by atoms with Crippen LogP contribution >= 0.6 is 0 Å². The lowest BCUT2D eigenvalue weighted by Gasteiger charge is -2.22. The smallest absolute Gasteiger partial charge is 0.00264 e. The highest BCUT2D eigenvalue weighted by Gasteiger charge is 2.19. The number of fused-ring (bicyclic) bond motifs is 3. The molecule has 0 aliphatic heterocycles. The van der Waals surface area contributed by atoms with Gasteiger partial charge in [0, 0.05) is 0 Å². The van der Waals surface area contributed by atoms with Gasteiger partial charge in [0.25, 0.3) is 0 Å². The lowest BCUT2D eigenvalue weighted by Crippen LogP contribution is -2.01. The van der Waals surface area contributed by atoms with Gasteiger partial charge in [-0.3, -0.25) is 0 Å². The molecule has 6 rings (SSSR count). The summed E-state index contributed by atoms with van der Waals surface area (Å²) in [6.45, 7) is 2.15. The van der Waals surface area contributed by atoms with Crippen molar-refractivity contribution < 1.29 is 0 Å². The van der Waals surface area contributed by atoms with Gasteiger partial charge in [-0.25, -0.2) is 0 Å². The molecule has 148 valence electrons. The fourth-order valence-corrected chi connectivity index (χ4v) is 5.13. The van der Waals surface area contributed by atoms with Gasteiger partial charge in [-0.2, -0.15) is 0 Å². The molecule has 1 aliphatic rings. The van der Waals surface area contributed by atoms with E-state index >= 15 is 0 Å². The molecule has 0 N–H and O–H groups in total. The molecule has 0 saturated carbocycles. The Hall–Kier alpha value is -3.64. The summed E-state index contributed by atoms with van der Waals surface area (Å²) >= 11 is 0. The van der Waals surface area contributed by atoms with Crippen molar-refractivity contribution in [1.29, 1.82) is 0 Å². The second kappa shape index (κ2) is 7.25.